The van der Waals surface area contributed by atoms with Gasteiger partial charge in [-0.25, -0.2) is 14.4 Å². The largest absolute Gasteiger partial charge is 0.490 e. The maximum Gasteiger partial charge on any atom is 0.490 e. The molecule has 0 rings (SSSR count). The number of hydrogen-bond donors (Lipinski definition) is 4. The first-order valence-electron chi connectivity index (χ1n) is 5.66. The van der Waals surface area contributed by atoms with E-state index in [1.807, 2.05) is 0 Å². The van der Waals surface area contributed by atoms with E-state index < -0.39 is 42.4 Å². The summed E-state index contributed by atoms with van der Waals surface area (Å²) in [6, 6.07) is 0. The summed E-state index contributed by atoms with van der Waals surface area (Å²) in [6.45, 7) is 0. The Bertz CT molecular complexity index is 463. The maximum atomic E-state index is 10.6. The van der Waals surface area contributed by atoms with E-state index in [1.54, 1.807) is 0 Å². The molecule has 0 amide bonds. The van der Waals surface area contributed by atoms with Gasteiger partial charge in [0.25, 0.3) is 0 Å². The molecule has 0 unspecified atom stereocenters. The normalized spacial score (nSPS) is 10.5. The highest BCUT2D eigenvalue weighted by atomic mass is 19.4. The zero-order chi connectivity index (χ0) is 23.9. The van der Waals surface area contributed by atoms with Crippen molar-refractivity contribution in [3.63, 3.8) is 0 Å². The van der Waals surface area contributed by atoms with E-state index in [-0.39, 0.29) is 12.8 Å². The van der Waals surface area contributed by atoms with Crippen LogP contribution in [0.2, 0.25) is 0 Å². The van der Waals surface area contributed by atoms with Crippen LogP contribution in [0.1, 0.15) is 12.8 Å². The molecule has 28 heavy (non-hydrogen) atoms. The zero-order valence-electron chi connectivity index (χ0n) is 12.7. The molecule has 0 aliphatic heterocycles. The second kappa shape index (κ2) is 14.0. The fraction of sp³-hybridized carbons (Fsp3) is 0.500. The first kappa shape index (κ1) is 32.6. The lowest BCUT2D eigenvalue weighted by molar-refractivity contribution is -0.193. The molecule has 0 spiro atoms. The molecule has 18 heteroatoms. The highest BCUT2D eigenvalue weighted by Crippen LogP contribution is 2.14. The number of aliphatic carboxylic acids is 4. The standard InChI is InChI=1S/C4H6O3.3C2HF3O2/c5-3-1-2-4(6)7;3*3-2(4,5)1(6)7/h3H,1-2H2,(H,6,7);3*(H,6,7). The van der Waals surface area contributed by atoms with Gasteiger partial charge in [-0.3, -0.25) is 4.79 Å². The first-order valence-corrected chi connectivity index (χ1v) is 5.66. The molecule has 4 N–H and O–H groups in total. The Kier molecular flexibility index (Phi) is 16.3. The van der Waals surface area contributed by atoms with Crippen LogP contribution in [0.4, 0.5) is 39.5 Å². The van der Waals surface area contributed by atoms with Crippen LogP contribution >= 0.6 is 0 Å². The molecule has 0 heterocycles. The van der Waals surface area contributed by atoms with Crippen molar-refractivity contribution in [1.29, 1.82) is 0 Å². The SMILES string of the molecule is O=C(O)C(F)(F)F.O=C(O)C(F)(F)F.O=C(O)C(F)(F)F.O=CCCC(=O)O. The van der Waals surface area contributed by atoms with Crippen molar-refractivity contribution in [2.24, 2.45) is 0 Å². The second-order valence-electron chi connectivity index (χ2n) is 3.51. The van der Waals surface area contributed by atoms with Crippen LogP contribution in [-0.4, -0.2) is 69.1 Å². The molecule has 0 aromatic heterocycles. The quantitative estimate of drug-likeness (QED) is 0.376. The Morgan fingerprint density at radius 1 is 0.607 bits per heavy atom. The molecule has 0 fully saturated rings. The predicted octanol–water partition coefficient (Wildman–Crippen LogP) is 1.95. The molecule has 0 saturated carbocycles. The van der Waals surface area contributed by atoms with Crippen molar-refractivity contribution in [2.75, 3.05) is 0 Å². The topological polar surface area (TPSA) is 166 Å². The lowest BCUT2D eigenvalue weighted by atomic mass is 10.3. The fourth-order valence-electron chi connectivity index (χ4n) is 0.182. The van der Waals surface area contributed by atoms with Gasteiger partial charge in [-0.05, 0) is 0 Å². The van der Waals surface area contributed by atoms with Crippen molar-refractivity contribution < 1.29 is 83.9 Å². The fourth-order valence-corrected chi connectivity index (χ4v) is 0.182. The Balaban J connectivity index is -0.000000137. The number of aldehydes is 1. The van der Waals surface area contributed by atoms with Crippen LogP contribution in [0.5, 0.6) is 0 Å². The molecular formula is C10H9F9O9. The van der Waals surface area contributed by atoms with Crippen LogP contribution in [0.25, 0.3) is 0 Å². The molecule has 166 valence electrons. The summed E-state index contributed by atoms with van der Waals surface area (Å²) in [5, 5.41) is 29.3. The summed E-state index contributed by atoms with van der Waals surface area (Å²) in [4.78, 5) is 45.7. The minimum absolute atomic E-state index is 0.0521. The number of halogens is 9. The lowest BCUT2D eigenvalue weighted by Crippen LogP contribution is -2.21. The number of carboxylic acid groups (broad SMARTS) is 4. The van der Waals surface area contributed by atoms with E-state index in [0.717, 1.165) is 0 Å². The van der Waals surface area contributed by atoms with Gasteiger partial charge < -0.3 is 25.2 Å². The smallest absolute Gasteiger partial charge is 0.481 e. The first-order chi connectivity index (χ1) is 12.1. The van der Waals surface area contributed by atoms with E-state index in [1.165, 1.54) is 0 Å². The number of hydrogen-bond acceptors (Lipinski definition) is 5. The molecule has 0 aromatic carbocycles. The van der Waals surface area contributed by atoms with E-state index >= 15 is 0 Å². The third-order valence-electron chi connectivity index (χ3n) is 1.20. The van der Waals surface area contributed by atoms with Gasteiger partial charge >= 0.3 is 42.4 Å². The molecule has 0 saturated heterocycles. The monoisotopic (exact) mass is 444 g/mol. The van der Waals surface area contributed by atoms with Gasteiger partial charge in [0.05, 0.1) is 6.42 Å². The Morgan fingerprint density at radius 2 is 0.786 bits per heavy atom. The number of rotatable bonds is 3. The van der Waals surface area contributed by atoms with E-state index in [2.05, 4.69) is 0 Å². The van der Waals surface area contributed by atoms with Gasteiger partial charge in [0.15, 0.2) is 0 Å². The highest BCUT2D eigenvalue weighted by Gasteiger charge is 2.39. The average Bonchev–Trinajstić information content (AvgIpc) is 2.43. The van der Waals surface area contributed by atoms with Crippen LogP contribution in [0, 0.1) is 0 Å². The van der Waals surface area contributed by atoms with Crippen molar-refractivity contribution in [2.45, 2.75) is 31.4 Å². The maximum absolute atomic E-state index is 10.6. The van der Waals surface area contributed by atoms with Crippen molar-refractivity contribution in [1.82, 2.24) is 0 Å². The third-order valence-corrected chi connectivity index (χ3v) is 1.20. The minimum Gasteiger partial charge on any atom is -0.481 e. The summed E-state index contributed by atoms with van der Waals surface area (Å²) in [5.41, 5.74) is 0. The minimum atomic E-state index is -5.08. The van der Waals surface area contributed by atoms with E-state index in [4.69, 9.17) is 34.8 Å². The van der Waals surface area contributed by atoms with Crippen LogP contribution < -0.4 is 0 Å². The molecule has 0 bridgehead atoms. The number of carbonyl (C=O) groups is 5. The molecule has 0 aliphatic rings. The van der Waals surface area contributed by atoms with E-state index in [0.29, 0.717) is 6.29 Å². The summed E-state index contributed by atoms with van der Waals surface area (Å²) < 4.78 is 95.2. The van der Waals surface area contributed by atoms with Crippen LogP contribution in [0.3, 0.4) is 0 Å². The van der Waals surface area contributed by atoms with Gasteiger partial charge in [-0.15, -0.1) is 0 Å². The highest BCUT2D eigenvalue weighted by molar-refractivity contribution is 5.73. The third kappa shape index (κ3) is 30.8. The summed E-state index contributed by atoms with van der Waals surface area (Å²) in [7, 11) is 0. The lowest BCUT2D eigenvalue weighted by Gasteiger charge is -1.93. The van der Waals surface area contributed by atoms with Crippen molar-refractivity contribution in [3.05, 3.63) is 0 Å². The summed E-state index contributed by atoms with van der Waals surface area (Å²) in [6.07, 6.45) is -14.6. The van der Waals surface area contributed by atoms with Gasteiger partial charge in [0, 0.05) is 6.42 Å². The molecule has 0 aliphatic carbocycles. The molecule has 0 radical (unpaired) electrons. The van der Waals surface area contributed by atoms with Gasteiger partial charge in [-0.1, -0.05) is 0 Å². The average molecular weight is 444 g/mol. The molecular weight excluding hydrogens is 435 g/mol. The Labute approximate surface area is 147 Å². The number of carbonyl (C=O) groups excluding carboxylic acids is 1. The van der Waals surface area contributed by atoms with Crippen molar-refractivity contribution in [3.8, 4) is 0 Å². The summed E-state index contributed by atoms with van der Waals surface area (Å²) >= 11 is 0. The molecule has 9 nitrogen and oxygen atoms in total. The van der Waals surface area contributed by atoms with Crippen LogP contribution in [0.15, 0.2) is 0 Å². The second-order valence-corrected chi connectivity index (χ2v) is 3.51. The van der Waals surface area contributed by atoms with Gasteiger partial charge in [0.2, 0.25) is 0 Å². The van der Waals surface area contributed by atoms with Crippen LogP contribution in [-0.2, 0) is 24.0 Å². The van der Waals surface area contributed by atoms with Crippen molar-refractivity contribution >= 4 is 30.2 Å². The molecule has 0 aromatic rings. The van der Waals surface area contributed by atoms with Gasteiger partial charge in [-0.2, -0.15) is 39.5 Å². The summed E-state index contributed by atoms with van der Waals surface area (Å²) in [5.74, 6) is -9.19. The predicted molar refractivity (Wildman–Crippen MR) is 64.0 cm³/mol. The van der Waals surface area contributed by atoms with E-state index in [9.17, 15) is 49.1 Å². The van der Waals surface area contributed by atoms with Gasteiger partial charge in [0.1, 0.15) is 6.29 Å². The Hall–Kier alpha value is -3.08. The molecule has 0 atom stereocenters. The zero-order valence-corrected chi connectivity index (χ0v) is 12.7. The Morgan fingerprint density at radius 3 is 0.821 bits per heavy atom. The number of carboxylic acids is 4. The number of alkyl halides is 9.